The third kappa shape index (κ3) is 4.17. The normalized spacial score (nSPS) is 20.8. The van der Waals surface area contributed by atoms with E-state index >= 15 is 0 Å². The lowest BCUT2D eigenvalue weighted by Gasteiger charge is -2.31. The van der Waals surface area contributed by atoms with Gasteiger partial charge < -0.3 is 14.4 Å². The molecule has 2 aliphatic heterocycles. The van der Waals surface area contributed by atoms with Crippen LogP contribution >= 0.6 is 11.3 Å². The lowest BCUT2D eigenvalue weighted by molar-refractivity contribution is 0.0959. The van der Waals surface area contributed by atoms with Crippen LogP contribution in [0.25, 0.3) is 10.2 Å². The van der Waals surface area contributed by atoms with Crippen LogP contribution in [0.3, 0.4) is 0 Å². The molecule has 6 nitrogen and oxygen atoms in total. The molecule has 0 amide bonds. The van der Waals surface area contributed by atoms with E-state index in [1.54, 1.807) is 0 Å². The molecule has 0 unspecified atom stereocenters. The largest absolute Gasteiger partial charge is 0.486 e. The first-order chi connectivity index (χ1) is 16.1. The Morgan fingerprint density at radius 3 is 2.79 bits per heavy atom. The second-order valence-electron chi connectivity index (χ2n) is 9.84. The Morgan fingerprint density at radius 1 is 1.12 bits per heavy atom. The molecule has 7 heteroatoms. The standard InChI is InChI=1S/C26H32N4O2S/c1-17-10-12-30(13-11-17)15-23-27-25(24-19-6-5-9-22(19)33-26(24)28-23)29(2)14-18-16-31-20-7-3-4-8-21(20)32-18/h3-4,7-8,17-18H,5-6,9-16H2,1-2H3/t18-/m0/s1. The number of hydrogen-bond acceptors (Lipinski definition) is 7. The first-order valence-electron chi connectivity index (χ1n) is 12.3. The Balaban J connectivity index is 1.28. The summed E-state index contributed by atoms with van der Waals surface area (Å²) in [4.78, 5) is 17.6. The highest BCUT2D eigenvalue weighted by Crippen LogP contribution is 2.41. The monoisotopic (exact) mass is 464 g/mol. The molecule has 0 spiro atoms. The Morgan fingerprint density at radius 2 is 1.94 bits per heavy atom. The van der Waals surface area contributed by atoms with Crippen molar-refractivity contribution < 1.29 is 9.47 Å². The van der Waals surface area contributed by atoms with Gasteiger partial charge in [0.25, 0.3) is 0 Å². The van der Waals surface area contributed by atoms with Crippen molar-refractivity contribution in [1.82, 2.24) is 14.9 Å². The predicted molar refractivity (Wildman–Crippen MR) is 133 cm³/mol. The van der Waals surface area contributed by atoms with E-state index in [0.29, 0.717) is 6.61 Å². The number of anilines is 1. The summed E-state index contributed by atoms with van der Waals surface area (Å²) in [7, 11) is 2.14. The van der Waals surface area contributed by atoms with E-state index in [0.717, 1.165) is 66.5 Å². The third-order valence-electron chi connectivity index (χ3n) is 7.24. The lowest BCUT2D eigenvalue weighted by atomic mass is 9.99. The van der Waals surface area contributed by atoms with E-state index in [2.05, 4.69) is 23.8 Å². The van der Waals surface area contributed by atoms with E-state index in [9.17, 15) is 0 Å². The summed E-state index contributed by atoms with van der Waals surface area (Å²) >= 11 is 1.88. The van der Waals surface area contributed by atoms with Crippen LogP contribution in [0.15, 0.2) is 24.3 Å². The van der Waals surface area contributed by atoms with Crippen molar-refractivity contribution in [2.24, 2.45) is 5.92 Å². The maximum atomic E-state index is 6.26. The van der Waals surface area contributed by atoms with Crippen molar-refractivity contribution in [3.05, 3.63) is 40.5 Å². The van der Waals surface area contributed by atoms with Crippen LogP contribution in [0.1, 0.15) is 42.5 Å². The zero-order valence-corrected chi connectivity index (χ0v) is 20.4. The minimum atomic E-state index is -0.0337. The molecule has 0 radical (unpaired) electrons. The number of benzene rings is 1. The molecule has 3 aliphatic rings. The van der Waals surface area contributed by atoms with Gasteiger partial charge in [-0.1, -0.05) is 19.1 Å². The molecule has 6 rings (SSSR count). The Bertz CT molecular complexity index is 1150. The van der Waals surface area contributed by atoms with Crippen LogP contribution in [0.4, 0.5) is 5.82 Å². The van der Waals surface area contributed by atoms with E-state index in [4.69, 9.17) is 19.4 Å². The maximum Gasteiger partial charge on any atom is 0.161 e. The summed E-state index contributed by atoms with van der Waals surface area (Å²) in [5, 5.41) is 1.27. The zero-order chi connectivity index (χ0) is 22.4. The van der Waals surface area contributed by atoms with Gasteiger partial charge in [0.15, 0.2) is 17.6 Å². The fraction of sp³-hybridized carbons (Fsp3) is 0.538. The first-order valence-corrected chi connectivity index (χ1v) is 13.1. The lowest BCUT2D eigenvalue weighted by Crippen LogP contribution is -2.40. The molecule has 2 aromatic heterocycles. The minimum Gasteiger partial charge on any atom is -0.486 e. The van der Waals surface area contributed by atoms with Gasteiger partial charge in [-0.2, -0.15) is 0 Å². The van der Waals surface area contributed by atoms with Crippen molar-refractivity contribution in [2.45, 2.75) is 51.7 Å². The molecular weight excluding hydrogens is 432 g/mol. The van der Waals surface area contributed by atoms with Crippen LogP contribution in [0.2, 0.25) is 0 Å². The summed E-state index contributed by atoms with van der Waals surface area (Å²) in [6.07, 6.45) is 6.05. The molecule has 1 aliphatic carbocycles. The van der Waals surface area contributed by atoms with Crippen molar-refractivity contribution >= 4 is 27.4 Å². The number of likely N-dealkylation sites (N-methyl/N-ethyl adjacent to an activating group) is 1. The molecule has 174 valence electrons. The number of rotatable bonds is 5. The molecule has 3 aromatic rings. The number of para-hydroxylation sites is 2. The summed E-state index contributed by atoms with van der Waals surface area (Å²) in [6.45, 7) is 6.75. The number of thiophene rings is 1. The Kier molecular flexibility index (Phi) is 5.62. The van der Waals surface area contributed by atoms with Crippen molar-refractivity contribution in [3.63, 3.8) is 0 Å². The van der Waals surface area contributed by atoms with Crippen LogP contribution in [-0.2, 0) is 19.4 Å². The van der Waals surface area contributed by atoms with Crippen molar-refractivity contribution in [2.75, 3.05) is 38.2 Å². The van der Waals surface area contributed by atoms with Crippen LogP contribution in [0.5, 0.6) is 11.5 Å². The Labute approximate surface area is 199 Å². The summed E-state index contributed by atoms with van der Waals surface area (Å²) < 4.78 is 12.2. The highest BCUT2D eigenvalue weighted by atomic mass is 32.1. The fourth-order valence-corrected chi connectivity index (χ4v) is 6.61. The molecule has 4 heterocycles. The number of aryl methyl sites for hydroxylation is 2. The number of likely N-dealkylation sites (tertiary alicyclic amines) is 1. The van der Waals surface area contributed by atoms with E-state index in [1.165, 1.54) is 41.5 Å². The fourth-order valence-electron chi connectivity index (χ4n) is 5.33. The topological polar surface area (TPSA) is 50.7 Å². The summed E-state index contributed by atoms with van der Waals surface area (Å²) in [5.74, 6) is 4.49. The average molecular weight is 465 g/mol. The number of fused-ring (bicyclic) bond motifs is 4. The second kappa shape index (κ2) is 8.76. The number of aromatic nitrogens is 2. The SMILES string of the molecule is CC1CCN(Cc2nc(N(C)C[C@H]3COc4ccccc4O3)c3c4c(sc3n2)CCC4)CC1. The summed E-state index contributed by atoms with van der Waals surface area (Å²) in [5.41, 5.74) is 1.47. The van der Waals surface area contributed by atoms with Gasteiger partial charge in [-0.15, -0.1) is 11.3 Å². The summed E-state index contributed by atoms with van der Waals surface area (Å²) in [6, 6.07) is 7.91. The average Bonchev–Trinajstić information content (AvgIpc) is 3.41. The van der Waals surface area contributed by atoms with Gasteiger partial charge in [0.1, 0.15) is 23.1 Å². The number of hydrogen-bond donors (Lipinski definition) is 0. The van der Waals surface area contributed by atoms with E-state index < -0.39 is 0 Å². The van der Waals surface area contributed by atoms with Crippen LogP contribution in [-0.4, -0.2) is 54.3 Å². The quantitative estimate of drug-likeness (QED) is 0.546. The first kappa shape index (κ1) is 21.2. The molecule has 1 saturated heterocycles. The highest BCUT2D eigenvalue weighted by molar-refractivity contribution is 7.19. The third-order valence-corrected chi connectivity index (χ3v) is 8.43. The van der Waals surface area contributed by atoms with Crippen LogP contribution in [0, 0.1) is 5.92 Å². The zero-order valence-electron chi connectivity index (χ0n) is 19.5. The van der Waals surface area contributed by atoms with E-state index in [1.807, 2.05) is 35.6 Å². The number of ether oxygens (including phenoxy) is 2. The molecule has 0 N–H and O–H groups in total. The minimum absolute atomic E-state index is 0.0337. The maximum absolute atomic E-state index is 6.26. The molecule has 1 aromatic carbocycles. The highest BCUT2D eigenvalue weighted by Gasteiger charge is 2.28. The predicted octanol–water partition coefficient (Wildman–Crippen LogP) is 4.69. The molecule has 1 atom stereocenters. The van der Waals surface area contributed by atoms with Gasteiger partial charge in [0.2, 0.25) is 0 Å². The number of nitrogens with zero attached hydrogens (tertiary/aromatic N) is 4. The Hall–Kier alpha value is -2.38. The van der Waals surface area contributed by atoms with Crippen molar-refractivity contribution in [1.29, 1.82) is 0 Å². The van der Waals surface area contributed by atoms with Gasteiger partial charge >= 0.3 is 0 Å². The van der Waals surface area contributed by atoms with Gasteiger partial charge in [0.05, 0.1) is 18.5 Å². The molecule has 33 heavy (non-hydrogen) atoms. The van der Waals surface area contributed by atoms with Gasteiger partial charge in [-0.25, -0.2) is 9.97 Å². The van der Waals surface area contributed by atoms with Crippen LogP contribution < -0.4 is 14.4 Å². The number of piperidine rings is 1. The van der Waals surface area contributed by atoms with Gasteiger partial charge in [-0.3, -0.25) is 4.90 Å². The van der Waals surface area contributed by atoms with Crippen molar-refractivity contribution in [3.8, 4) is 11.5 Å². The van der Waals surface area contributed by atoms with Gasteiger partial charge in [-0.05, 0) is 68.8 Å². The van der Waals surface area contributed by atoms with Gasteiger partial charge in [0, 0.05) is 11.9 Å². The molecule has 0 bridgehead atoms. The molecular formula is C26H32N4O2S. The smallest absolute Gasteiger partial charge is 0.161 e. The second-order valence-corrected chi connectivity index (χ2v) is 10.9. The van der Waals surface area contributed by atoms with E-state index in [-0.39, 0.29) is 6.10 Å². The molecule has 0 saturated carbocycles. The molecule has 1 fully saturated rings.